The first-order chi connectivity index (χ1) is 11.9. The maximum atomic E-state index is 12.6. The number of rotatable bonds is 5. The summed E-state index contributed by atoms with van der Waals surface area (Å²) in [6, 6.07) is 8.79. The molecule has 1 aromatic carbocycles. The molecule has 1 aliphatic heterocycles. The lowest BCUT2D eigenvalue weighted by Gasteiger charge is -2.17. The minimum absolute atomic E-state index is 0.134. The molecule has 136 valence electrons. The second-order valence-electron chi connectivity index (χ2n) is 6.32. The van der Waals surface area contributed by atoms with E-state index in [2.05, 4.69) is 10.2 Å². The molecule has 2 aromatic rings. The Hall–Kier alpha value is -1.83. The summed E-state index contributed by atoms with van der Waals surface area (Å²) in [6.45, 7) is 2.31. The van der Waals surface area contributed by atoms with E-state index in [1.807, 2.05) is 13.1 Å². The van der Waals surface area contributed by atoms with Crippen LogP contribution in [0.25, 0.3) is 11.3 Å². The Kier molecular flexibility index (Phi) is 5.17. The molecule has 1 aromatic heterocycles. The number of nitrogens with zero attached hydrogens (tertiary/aromatic N) is 1. The number of hydrogen-bond donors (Lipinski definition) is 1. The van der Waals surface area contributed by atoms with Gasteiger partial charge in [0.2, 0.25) is 0 Å². The van der Waals surface area contributed by atoms with Gasteiger partial charge in [-0.2, -0.15) is 13.2 Å². The van der Waals surface area contributed by atoms with Gasteiger partial charge in [0.15, 0.2) is 0 Å². The van der Waals surface area contributed by atoms with E-state index >= 15 is 0 Å². The third-order valence-electron chi connectivity index (χ3n) is 4.45. The van der Waals surface area contributed by atoms with Crippen molar-refractivity contribution in [2.75, 3.05) is 27.2 Å². The van der Waals surface area contributed by atoms with E-state index in [1.54, 1.807) is 13.2 Å². The third-order valence-corrected chi connectivity index (χ3v) is 4.45. The Morgan fingerprint density at radius 3 is 2.52 bits per heavy atom. The molecule has 0 spiro atoms. The number of likely N-dealkylation sites (N-methyl/N-ethyl adjacent to an activating group) is 1. The van der Waals surface area contributed by atoms with Crippen molar-refractivity contribution in [2.24, 2.45) is 0 Å². The predicted octanol–water partition coefficient (Wildman–Crippen LogP) is 3.38. The van der Waals surface area contributed by atoms with Gasteiger partial charge in [-0.15, -0.1) is 0 Å². The van der Waals surface area contributed by atoms with Crippen LogP contribution in [0.2, 0.25) is 0 Å². The van der Waals surface area contributed by atoms with E-state index in [9.17, 15) is 13.2 Å². The van der Waals surface area contributed by atoms with Gasteiger partial charge in [-0.05, 0) is 31.3 Å². The van der Waals surface area contributed by atoms with Crippen LogP contribution >= 0.6 is 0 Å². The van der Waals surface area contributed by atoms with Crippen molar-refractivity contribution in [3.05, 3.63) is 47.7 Å². The molecule has 0 saturated carbocycles. The quantitative estimate of drug-likeness (QED) is 0.893. The summed E-state index contributed by atoms with van der Waals surface area (Å²) in [4.78, 5) is 2.20. The fourth-order valence-corrected chi connectivity index (χ4v) is 3.08. The Bertz CT molecular complexity index is 697. The van der Waals surface area contributed by atoms with Crippen molar-refractivity contribution in [3.63, 3.8) is 0 Å². The van der Waals surface area contributed by atoms with E-state index in [0.717, 1.165) is 31.0 Å². The largest absolute Gasteiger partial charge is 0.460 e. The highest BCUT2D eigenvalue weighted by molar-refractivity contribution is 5.58. The smallest absolute Gasteiger partial charge is 0.416 e. The van der Waals surface area contributed by atoms with Gasteiger partial charge in [0.25, 0.3) is 0 Å². The van der Waals surface area contributed by atoms with Crippen LogP contribution in [0.4, 0.5) is 13.2 Å². The molecule has 2 heterocycles. The van der Waals surface area contributed by atoms with Gasteiger partial charge in [-0.25, -0.2) is 0 Å². The van der Waals surface area contributed by atoms with Crippen LogP contribution in [0.5, 0.6) is 0 Å². The van der Waals surface area contributed by atoms with Crippen LogP contribution in [0.3, 0.4) is 0 Å². The van der Waals surface area contributed by atoms with Gasteiger partial charge in [0, 0.05) is 31.8 Å². The minimum Gasteiger partial charge on any atom is -0.460 e. The molecule has 25 heavy (non-hydrogen) atoms. The molecule has 1 aliphatic rings. The average molecular weight is 354 g/mol. The summed E-state index contributed by atoms with van der Waals surface area (Å²) in [5, 5.41) is 3.41. The maximum absolute atomic E-state index is 12.6. The lowest BCUT2D eigenvalue weighted by Crippen LogP contribution is -2.39. The molecule has 7 heteroatoms. The number of benzene rings is 1. The molecule has 2 atom stereocenters. The topological polar surface area (TPSA) is 37.6 Å². The Balaban J connectivity index is 1.62. The molecule has 1 fully saturated rings. The first kappa shape index (κ1) is 18.0. The number of halogens is 3. The molecule has 0 bridgehead atoms. The minimum atomic E-state index is -4.33. The van der Waals surface area contributed by atoms with Gasteiger partial charge < -0.3 is 19.4 Å². The summed E-state index contributed by atoms with van der Waals surface area (Å²) in [7, 11) is 3.75. The van der Waals surface area contributed by atoms with Crippen LogP contribution in [0, 0.1) is 0 Å². The number of furan rings is 1. The fraction of sp³-hybridized carbons (Fsp3) is 0.444. The Labute approximate surface area is 144 Å². The maximum Gasteiger partial charge on any atom is 0.416 e. The summed E-state index contributed by atoms with van der Waals surface area (Å²) in [5.41, 5.74) is -0.0460. The standard InChI is InChI=1S/C18H21F3N2O2/c1-23-10-15(17(11-23)24-2)22-9-14-7-8-16(25-14)12-3-5-13(6-4-12)18(19,20)21/h3-8,15,17,22H,9-11H2,1-2H3/t15-,17-/m1/s1. The van der Waals surface area contributed by atoms with Crippen LogP contribution in [0.15, 0.2) is 40.8 Å². The zero-order valence-electron chi connectivity index (χ0n) is 14.1. The molecule has 0 amide bonds. The van der Waals surface area contributed by atoms with Crippen molar-refractivity contribution in [1.82, 2.24) is 10.2 Å². The van der Waals surface area contributed by atoms with Crippen molar-refractivity contribution in [3.8, 4) is 11.3 Å². The van der Waals surface area contributed by atoms with E-state index in [-0.39, 0.29) is 12.1 Å². The third kappa shape index (κ3) is 4.23. The van der Waals surface area contributed by atoms with Crippen LogP contribution in [0.1, 0.15) is 11.3 Å². The average Bonchev–Trinajstić information content (AvgIpc) is 3.18. The summed E-state index contributed by atoms with van der Waals surface area (Å²) in [5.74, 6) is 1.29. The lowest BCUT2D eigenvalue weighted by atomic mass is 10.1. The highest BCUT2D eigenvalue weighted by atomic mass is 19.4. The Morgan fingerprint density at radius 1 is 1.16 bits per heavy atom. The van der Waals surface area contributed by atoms with E-state index < -0.39 is 11.7 Å². The normalized spacial score (nSPS) is 21.8. The highest BCUT2D eigenvalue weighted by Crippen LogP contribution is 2.31. The highest BCUT2D eigenvalue weighted by Gasteiger charge is 2.31. The first-order valence-electron chi connectivity index (χ1n) is 8.08. The molecule has 0 aliphatic carbocycles. The first-order valence-corrected chi connectivity index (χ1v) is 8.08. The van der Waals surface area contributed by atoms with Crippen molar-refractivity contribution < 1.29 is 22.3 Å². The van der Waals surface area contributed by atoms with Gasteiger partial charge in [0.05, 0.1) is 18.2 Å². The van der Waals surface area contributed by atoms with Crippen molar-refractivity contribution >= 4 is 0 Å². The molecule has 3 rings (SSSR count). The van der Waals surface area contributed by atoms with E-state index in [4.69, 9.17) is 9.15 Å². The van der Waals surface area contributed by atoms with Crippen LogP contribution in [-0.2, 0) is 17.5 Å². The molecule has 1 N–H and O–H groups in total. The zero-order valence-corrected chi connectivity index (χ0v) is 14.1. The monoisotopic (exact) mass is 354 g/mol. The second kappa shape index (κ2) is 7.19. The number of methoxy groups -OCH3 is 1. The number of nitrogens with one attached hydrogen (secondary N) is 1. The van der Waals surface area contributed by atoms with Gasteiger partial charge in [0.1, 0.15) is 11.5 Å². The van der Waals surface area contributed by atoms with Crippen LogP contribution in [-0.4, -0.2) is 44.3 Å². The predicted molar refractivity (Wildman–Crippen MR) is 88.1 cm³/mol. The van der Waals surface area contributed by atoms with Crippen molar-refractivity contribution in [2.45, 2.75) is 24.9 Å². The summed E-state index contributed by atoms with van der Waals surface area (Å²) >= 11 is 0. The van der Waals surface area contributed by atoms with Crippen LogP contribution < -0.4 is 5.32 Å². The number of likely N-dealkylation sites (tertiary alicyclic amines) is 1. The zero-order chi connectivity index (χ0) is 18.0. The number of hydrogen-bond acceptors (Lipinski definition) is 4. The number of alkyl halides is 3. The van der Waals surface area contributed by atoms with Gasteiger partial charge in [-0.1, -0.05) is 12.1 Å². The molecular weight excluding hydrogens is 333 g/mol. The molecular formula is C18H21F3N2O2. The van der Waals surface area contributed by atoms with Gasteiger partial charge in [-0.3, -0.25) is 0 Å². The Morgan fingerprint density at radius 2 is 1.88 bits per heavy atom. The van der Waals surface area contributed by atoms with Gasteiger partial charge >= 0.3 is 6.18 Å². The molecule has 4 nitrogen and oxygen atoms in total. The second-order valence-corrected chi connectivity index (χ2v) is 6.32. The summed E-state index contributed by atoms with van der Waals surface area (Å²) < 4.78 is 49.1. The van der Waals surface area contributed by atoms with E-state index in [0.29, 0.717) is 17.9 Å². The van der Waals surface area contributed by atoms with E-state index in [1.165, 1.54) is 12.1 Å². The molecule has 0 radical (unpaired) electrons. The fourth-order valence-electron chi connectivity index (χ4n) is 3.08. The molecule has 0 unspecified atom stereocenters. The summed E-state index contributed by atoms with van der Waals surface area (Å²) in [6.07, 6.45) is -4.20. The lowest BCUT2D eigenvalue weighted by molar-refractivity contribution is -0.137. The van der Waals surface area contributed by atoms with Crippen molar-refractivity contribution in [1.29, 1.82) is 0 Å². The SMILES string of the molecule is CO[C@@H]1CN(C)C[C@H]1NCc1ccc(-c2ccc(C(F)(F)F)cc2)o1. The number of ether oxygens (including phenoxy) is 1. The molecule has 1 saturated heterocycles.